The van der Waals surface area contributed by atoms with Crippen LogP contribution in [0.4, 0.5) is 9.80 Å². The summed E-state index contributed by atoms with van der Waals surface area (Å²) < 4.78 is 4.67. The van der Waals surface area contributed by atoms with E-state index in [1.54, 1.807) is 11.3 Å². The number of hydrogen-bond donors (Lipinski definition) is 1. The molecule has 2 heterocycles. The standard InChI is InChI=1S/C15H11ClN2O2S2/c1-20-15(19)18-14-12(11-3-2-8-21-11)17-13(22-14)9-4-6-10(16)7-5-9/h2-8H,1H3,(H,18,19). The fourth-order valence-electron chi connectivity index (χ4n) is 1.84. The highest BCUT2D eigenvalue weighted by Crippen LogP contribution is 2.39. The predicted octanol–water partition coefficient (Wildman–Crippen LogP) is 5.37. The maximum atomic E-state index is 11.5. The van der Waals surface area contributed by atoms with Gasteiger partial charge in [-0.2, -0.15) is 0 Å². The van der Waals surface area contributed by atoms with Crippen molar-refractivity contribution >= 4 is 45.4 Å². The quantitative estimate of drug-likeness (QED) is 0.690. The van der Waals surface area contributed by atoms with Gasteiger partial charge < -0.3 is 4.74 Å². The highest BCUT2D eigenvalue weighted by atomic mass is 35.5. The van der Waals surface area contributed by atoms with E-state index >= 15 is 0 Å². The van der Waals surface area contributed by atoms with Gasteiger partial charge >= 0.3 is 6.09 Å². The number of thiazole rings is 1. The van der Waals surface area contributed by atoms with E-state index in [9.17, 15) is 4.79 Å². The molecule has 0 aliphatic carbocycles. The minimum atomic E-state index is -0.510. The SMILES string of the molecule is COC(=O)Nc1sc(-c2ccc(Cl)cc2)nc1-c1cccs1. The van der Waals surface area contributed by atoms with Gasteiger partial charge in [-0.05, 0) is 23.6 Å². The number of halogens is 1. The Bertz CT molecular complexity index is 782. The van der Waals surface area contributed by atoms with Crippen molar-refractivity contribution in [1.82, 2.24) is 4.98 Å². The average molecular weight is 351 g/mol. The summed E-state index contributed by atoms with van der Waals surface area (Å²) in [6, 6.07) is 11.4. The second kappa shape index (κ2) is 6.48. The molecule has 3 aromatic rings. The van der Waals surface area contributed by atoms with Gasteiger partial charge in [0.25, 0.3) is 0 Å². The summed E-state index contributed by atoms with van der Waals surface area (Å²) in [4.78, 5) is 17.2. The first-order chi connectivity index (χ1) is 10.7. The van der Waals surface area contributed by atoms with E-state index in [-0.39, 0.29) is 0 Å². The van der Waals surface area contributed by atoms with E-state index < -0.39 is 6.09 Å². The minimum Gasteiger partial charge on any atom is -0.453 e. The van der Waals surface area contributed by atoms with Crippen molar-refractivity contribution in [2.24, 2.45) is 0 Å². The highest BCUT2D eigenvalue weighted by molar-refractivity contribution is 7.20. The lowest BCUT2D eigenvalue weighted by Gasteiger charge is -2.01. The number of aromatic nitrogens is 1. The van der Waals surface area contributed by atoms with E-state index in [4.69, 9.17) is 11.6 Å². The molecule has 0 fully saturated rings. The number of nitrogens with zero attached hydrogens (tertiary/aromatic N) is 1. The van der Waals surface area contributed by atoms with Gasteiger partial charge in [0.15, 0.2) is 0 Å². The molecule has 1 N–H and O–H groups in total. The number of methoxy groups -OCH3 is 1. The molecule has 0 saturated heterocycles. The van der Waals surface area contributed by atoms with Crippen LogP contribution in [0.5, 0.6) is 0 Å². The van der Waals surface area contributed by atoms with Gasteiger partial charge in [0.2, 0.25) is 0 Å². The molecule has 7 heteroatoms. The van der Waals surface area contributed by atoms with E-state index in [0.717, 1.165) is 21.1 Å². The molecule has 0 radical (unpaired) electrons. The van der Waals surface area contributed by atoms with Gasteiger partial charge in [-0.1, -0.05) is 41.1 Å². The van der Waals surface area contributed by atoms with Crippen LogP contribution in [0.3, 0.4) is 0 Å². The van der Waals surface area contributed by atoms with Crippen molar-refractivity contribution in [3.8, 4) is 21.1 Å². The van der Waals surface area contributed by atoms with Crippen molar-refractivity contribution in [1.29, 1.82) is 0 Å². The summed E-state index contributed by atoms with van der Waals surface area (Å²) in [7, 11) is 1.33. The summed E-state index contributed by atoms with van der Waals surface area (Å²) in [5, 5.41) is 6.85. The Morgan fingerprint density at radius 2 is 2.05 bits per heavy atom. The number of thiophene rings is 1. The second-order valence-corrected chi connectivity index (χ2v) is 6.68. The van der Waals surface area contributed by atoms with Crippen LogP contribution in [-0.4, -0.2) is 18.2 Å². The maximum absolute atomic E-state index is 11.5. The lowest BCUT2D eigenvalue weighted by atomic mass is 10.2. The number of benzene rings is 1. The lowest BCUT2D eigenvalue weighted by molar-refractivity contribution is 0.187. The zero-order chi connectivity index (χ0) is 15.5. The number of nitrogens with one attached hydrogen (secondary N) is 1. The Morgan fingerprint density at radius 1 is 1.27 bits per heavy atom. The van der Waals surface area contributed by atoms with Gasteiger partial charge in [-0.3, -0.25) is 5.32 Å². The third-order valence-electron chi connectivity index (χ3n) is 2.87. The number of rotatable bonds is 3. The van der Waals surface area contributed by atoms with Gasteiger partial charge in [0, 0.05) is 10.6 Å². The van der Waals surface area contributed by atoms with E-state index in [1.807, 2.05) is 41.8 Å². The van der Waals surface area contributed by atoms with Crippen LogP contribution < -0.4 is 5.32 Å². The van der Waals surface area contributed by atoms with Crippen LogP contribution in [0.2, 0.25) is 5.02 Å². The number of ether oxygens (including phenoxy) is 1. The fourth-order valence-corrected chi connectivity index (χ4v) is 3.73. The molecule has 0 spiro atoms. The largest absolute Gasteiger partial charge is 0.453 e. The van der Waals surface area contributed by atoms with Crippen LogP contribution in [0.25, 0.3) is 21.1 Å². The molecule has 0 aliphatic heterocycles. The van der Waals surface area contributed by atoms with Crippen molar-refractivity contribution in [2.45, 2.75) is 0 Å². The molecule has 0 unspecified atom stereocenters. The predicted molar refractivity (Wildman–Crippen MR) is 91.9 cm³/mol. The number of hydrogen-bond acceptors (Lipinski definition) is 5. The van der Waals surface area contributed by atoms with Crippen molar-refractivity contribution in [2.75, 3.05) is 12.4 Å². The van der Waals surface area contributed by atoms with Gasteiger partial charge in [-0.15, -0.1) is 11.3 Å². The molecule has 112 valence electrons. The van der Waals surface area contributed by atoms with E-state index in [1.165, 1.54) is 18.4 Å². The first kappa shape index (κ1) is 15.0. The molecule has 1 aromatic carbocycles. The van der Waals surface area contributed by atoms with Crippen LogP contribution in [0, 0.1) is 0 Å². The Balaban J connectivity index is 2.04. The molecule has 22 heavy (non-hydrogen) atoms. The maximum Gasteiger partial charge on any atom is 0.412 e. The number of anilines is 1. The number of amides is 1. The summed E-state index contributed by atoms with van der Waals surface area (Å²) in [5.74, 6) is 0. The first-order valence-electron chi connectivity index (χ1n) is 6.33. The minimum absolute atomic E-state index is 0.510. The summed E-state index contributed by atoms with van der Waals surface area (Å²) in [6.07, 6.45) is -0.510. The van der Waals surface area contributed by atoms with E-state index in [0.29, 0.717) is 10.0 Å². The Hall–Kier alpha value is -1.89. The molecule has 0 saturated carbocycles. The zero-order valence-electron chi connectivity index (χ0n) is 11.5. The number of carbonyl (C=O) groups excluding carboxylic acids is 1. The zero-order valence-corrected chi connectivity index (χ0v) is 13.9. The number of carbonyl (C=O) groups is 1. The molecule has 1 amide bonds. The highest BCUT2D eigenvalue weighted by Gasteiger charge is 2.17. The van der Waals surface area contributed by atoms with E-state index in [2.05, 4.69) is 15.0 Å². The van der Waals surface area contributed by atoms with Crippen LogP contribution in [0.1, 0.15) is 0 Å². The summed E-state index contributed by atoms with van der Waals surface area (Å²) >= 11 is 8.88. The Labute approximate surface area is 140 Å². The van der Waals surface area contributed by atoms with Gasteiger partial charge in [0.05, 0.1) is 12.0 Å². The summed E-state index contributed by atoms with van der Waals surface area (Å²) in [6.45, 7) is 0. The first-order valence-corrected chi connectivity index (χ1v) is 8.40. The van der Waals surface area contributed by atoms with Crippen molar-refractivity contribution < 1.29 is 9.53 Å². The smallest absolute Gasteiger partial charge is 0.412 e. The Morgan fingerprint density at radius 3 is 2.68 bits per heavy atom. The molecule has 4 nitrogen and oxygen atoms in total. The van der Waals surface area contributed by atoms with Crippen molar-refractivity contribution in [3.63, 3.8) is 0 Å². The van der Waals surface area contributed by atoms with Crippen LogP contribution in [0.15, 0.2) is 41.8 Å². The van der Waals surface area contributed by atoms with Crippen LogP contribution >= 0.6 is 34.3 Å². The molecule has 3 rings (SSSR count). The third-order valence-corrected chi connectivity index (χ3v) is 5.02. The van der Waals surface area contributed by atoms with Gasteiger partial charge in [0.1, 0.15) is 15.7 Å². The third kappa shape index (κ3) is 3.14. The molecular weight excluding hydrogens is 340 g/mol. The topological polar surface area (TPSA) is 51.2 Å². The molecule has 2 aromatic heterocycles. The van der Waals surface area contributed by atoms with Gasteiger partial charge in [-0.25, -0.2) is 9.78 Å². The molecule has 0 bridgehead atoms. The molecular formula is C15H11ClN2O2S2. The second-order valence-electron chi connectivity index (χ2n) is 4.30. The normalized spacial score (nSPS) is 10.5. The molecule has 0 atom stereocenters. The van der Waals surface area contributed by atoms with Crippen molar-refractivity contribution in [3.05, 3.63) is 46.8 Å². The molecule has 0 aliphatic rings. The average Bonchev–Trinajstić information content (AvgIpc) is 3.17. The lowest BCUT2D eigenvalue weighted by Crippen LogP contribution is -2.10. The van der Waals surface area contributed by atoms with Crippen LogP contribution in [-0.2, 0) is 4.74 Å². The fraction of sp³-hybridized carbons (Fsp3) is 0.0667. The monoisotopic (exact) mass is 350 g/mol. The Kier molecular flexibility index (Phi) is 4.42. The summed E-state index contributed by atoms with van der Waals surface area (Å²) in [5.41, 5.74) is 1.69.